The van der Waals surface area contributed by atoms with E-state index in [1.165, 1.54) is 33.0 Å². The maximum atomic E-state index is 13.3. The van der Waals surface area contributed by atoms with E-state index in [-0.39, 0.29) is 23.5 Å². The van der Waals surface area contributed by atoms with Gasteiger partial charge in [-0.05, 0) is 32.0 Å². The maximum Gasteiger partial charge on any atom is 0.242 e. The first-order chi connectivity index (χ1) is 8.58. The number of benzene rings is 1. The highest BCUT2D eigenvalue weighted by atomic mass is 32.2. The van der Waals surface area contributed by atoms with Crippen LogP contribution in [0.3, 0.4) is 0 Å². The lowest BCUT2D eigenvalue weighted by atomic mass is 10.1. The number of hydrogen-bond donors (Lipinski definition) is 2. The van der Waals surface area contributed by atoms with Crippen LogP contribution in [-0.4, -0.2) is 37.0 Å². The van der Waals surface area contributed by atoms with E-state index in [1.54, 1.807) is 0 Å². The molecule has 0 heterocycles. The number of nitrogens with zero attached hydrogens (tertiary/aromatic N) is 1. The summed E-state index contributed by atoms with van der Waals surface area (Å²) >= 11 is 0. The normalized spacial score (nSPS) is 13.0. The minimum absolute atomic E-state index is 0.0406. The summed E-state index contributed by atoms with van der Waals surface area (Å²) in [6.07, 6.45) is 0. The van der Waals surface area contributed by atoms with Crippen molar-refractivity contribution in [2.24, 2.45) is 5.73 Å². The first-order valence-electron chi connectivity index (χ1n) is 5.75. The minimum Gasteiger partial charge on any atom is -0.389 e. The molecule has 0 fully saturated rings. The molecule has 0 aromatic heterocycles. The van der Waals surface area contributed by atoms with Crippen LogP contribution in [0, 0.1) is 5.82 Å². The van der Waals surface area contributed by atoms with Gasteiger partial charge in [0.2, 0.25) is 10.0 Å². The van der Waals surface area contributed by atoms with Gasteiger partial charge in [0.15, 0.2) is 0 Å². The van der Waals surface area contributed by atoms with Crippen molar-refractivity contribution in [3.63, 3.8) is 0 Å². The molecule has 0 saturated heterocycles. The third-order valence-corrected chi connectivity index (χ3v) is 4.35. The zero-order chi connectivity index (χ0) is 14.8. The Morgan fingerprint density at radius 2 is 2.00 bits per heavy atom. The topological polar surface area (TPSA) is 83.6 Å². The van der Waals surface area contributed by atoms with Crippen LogP contribution in [0.1, 0.15) is 19.4 Å². The van der Waals surface area contributed by atoms with E-state index < -0.39 is 21.4 Å². The molecule has 0 bridgehead atoms. The molecule has 1 rings (SSSR count). The molecule has 0 radical (unpaired) electrons. The van der Waals surface area contributed by atoms with E-state index in [2.05, 4.69) is 0 Å². The fourth-order valence-corrected chi connectivity index (χ4v) is 3.05. The van der Waals surface area contributed by atoms with Crippen molar-refractivity contribution in [3.05, 3.63) is 29.6 Å². The predicted octanol–water partition coefficient (Wildman–Crippen LogP) is 0.676. The number of aliphatic hydroxyl groups is 1. The molecule has 5 nitrogen and oxygen atoms in total. The van der Waals surface area contributed by atoms with E-state index in [0.717, 1.165) is 10.4 Å². The molecule has 3 N–H and O–H groups in total. The third kappa shape index (κ3) is 3.97. The Balaban J connectivity index is 3.13. The summed E-state index contributed by atoms with van der Waals surface area (Å²) in [7, 11) is -2.41. The molecule has 0 saturated carbocycles. The zero-order valence-corrected chi connectivity index (χ0v) is 12.0. The van der Waals surface area contributed by atoms with E-state index >= 15 is 0 Å². The molecule has 19 heavy (non-hydrogen) atoms. The standard InChI is InChI=1S/C12H19FN2O3S/c1-12(2,16)8-15(3)19(17,18)10-4-5-11(13)9(6-10)7-14/h4-6,16H,7-8,14H2,1-3H3. The van der Waals surface area contributed by atoms with Crippen molar-refractivity contribution in [2.45, 2.75) is 30.9 Å². The number of likely N-dealkylation sites (N-methyl/N-ethyl adjacent to an activating group) is 1. The van der Waals surface area contributed by atoms with Gasteiger partial charge < -0.3 is 10.8 Å². The molecule has 0 aliphatic heterocycles. The van der Waals surface area contributed by atoms with Crippen LogP contribution in [0.15, 0.2) is 23.1 Å². The van der Waals surface area contributed by atoms with Crippen molar-refractivity contribution in [1.29, 1.82) is 0 Å². The average Bonchev–Trinajstić information content (AvgIpc) is 2.27. The van der Waals surface area contributed by atoms with Gasteiger partial charge in [-0.25, -0.2) is 12.8 Å². The lowest BCUT2D eigenvalue weighted by Gasteiger charge is -2.25. The summed E-state index contributed by atoms with van der Waals surface area (Å²) in [5.41, 5.74) is 4.33. The van der Waals surface area contributed by atoms with Gasteiger partial charge in [-0.1, -0.05) is 0 Å². The number of hydrogen-bond acceptors (Lipinski definition) is 4. The average molecular weight is 290 g/mol. The monoisotopic (exact) mass is 290 g/mol. The fraction of sp³-hybridized carbons (Fsp3) is 0.500. The zero-order valence-electron chi connectivity index (χ0n) is 11.2. The molecule has 1 aromatic carbocycles. The molecule has 0 atom stereocenters. The highest BCUT2D eigenvalue weighted by Gasteiger charge is 2.26. The maximum absolute atomic E-state index is 13.3. The summed E-state index contributed by atoms with van der Waals surface area (Å²) in [4.78, 5) is -0.0406. The molecule has 7 heteroatoms. The Hall–Kier alpha value is -1.02. The Morgan fingerprint density at radius 1 is 1.42 bits per heavy atom. The Kier molecular flexibility index (Phi) is 4.67. The molecular formula is C12H19FN2O3S. The van der Waals surface area contributed by atoms with Gasteiger partial charge in [-0.2, -0.15) is 4.31 Å². The van der Waals surface area contributed by atoms with Crippen molar-refractivity contribution in [3.8, 4) is 0 Å². The summed E-state index contributed by atoms with van der Waals surface area (Å²) in [5, 5.41) is 9.66. The second-order valence-corrected chi connectivity index (χ2v) is 7.08. The van der Waals surface area contributed by atoms with Crippen LogP contribution >= 0.6 is 0 Å². The molecule has 0 amide bonds. The van der Waals surface area contributed by atoms with Crippen molar-refractivity contribution < 1.29 is 17.9 Å². The van der Waals surface area contributed by atoms with Gasteiger partial charge in [0.05, 0.1) is 10.5 Å². The SMILES string of the molecule is CN(CC(C)(C)O)S(=O)(=O)c1ccc(F)c(CN)c1. The number of nitrogens with two attached hydrogens (primary N) is 1. The number of sulfonamides is 1. The van der Waals surface area contributed by atoms with E-state index in [1.807, 2.05) is 0 Å². The van der Waals surface area contributed by atoms with E-state index in [9.17, 15) is 17.9 Å². The van der Waals surface area contributed by atoms with Gasteiger partial charge in [-0.3, -0.25) is 0 Å². The Labute approximate surface area is 112 Å². The summed E-state index contributed by atoms with van der Waals surface area (Å²) in [6.45, 7) is 2.87. The van der Waals surface area contributed by atoms with Crippen molar-refractivity contribution in [2.75, 3.05) is 13.6 Å². The second kappa shape index (κ2) is 5.54. The van der Waals surface area contributed by atoms with Gasteiger partial charge in [0, 0.05) is 25.7 Å². The molecule has 0 unspecified atom stereocenters. The van der Waals surface area contributed by atoms with Crippen LogP contribution in [0.25, 0.3) is 0 Å². The second-order valence-electron chi connectivity index (χ2n) is 5.03. The molecule has 0 aliphatic carbocycles. The first-order valence-corrected chi connectivity index (χ1v) is 7.19. The van der Waals surface area contributed by atoms with Gasteiger partial charge in [-0.15, -0.1) is 0 Å². The lowest BCUT2D eigenvalue weighted by Crippen LogP contribution is -2.39. The molecular weight excluding hydrogens is 271 g/mol. The lowest BCUT2D eigenvalue weighted by molar-refractivity contribution is 0.0640. The number of halogens is 1. The fourth-order valence-electron chi connectivity index (χ4n) is 1.68. The van der Waals surface area contributed by atoms with Gasteiger partial charge >= 0.3 is 0 Å². The summed E-state index contributed by atoms with van der Waals surface area (Å²) < 4.78 is 38.8. The summed E-state index contributed by atoms with van der Waals surface area (Å²) in [6, 6.07) is 3.48. The molecule has 108 valence electrons. The highest BCUT2D eigenvalue weighted by Crippen LogP contribution is 2.19. The molecule has 1 aromatic rings. The van der Waals surface area contributed by atoms with Crippen molar-refractivity contribution >= 4 is 10.0 Å². The van der Waals surface area contributed by atoms with Crippen LogP contribution in [0.4, 0.5) is 4.39 Å². The van der Waals surface area contributed by atoms with Crippen LogP contribution < -0.4 is 5.73 Å². The van der Waals surface area contributed by atoms with Gasteiger partial charge in [0.25, 0.3) is 0 Å². The summed E-state index contributed by atoms with van der Waals surface area (Å²) in [5.74, 6) is -0.536. The van der Waals surface area contributed by atoms with E-state index in [4.69, 9.17) is 5.73 Å². The molecule has 0 aliphatic rings. The highest BCUT2D eigenvalue weighted by molar-refractivity contribution is 7.89. The van der Waals surface area contributed by atoms with Crippen LogP contribution in [-0.2, 0) is 16.6 Å². The minimum atomic E-state index is -3.77. The Bertz CT molecular complexity index is 553. The molecule has 0 spiro atoms. The van der Waals surface area contributed by atoms with E-state index in [0.29, 0.717) is 0 Å². The smallest absolute Gasteiger partial charge is 0.242 e. The van der Waals surface area contributed by atoms with Crippen LogP contribution in [0.2, 0.25) is 0 Å². The number of rotatable bonds is 5. The predicted molar refractivity (Wildman–Crippen MR) is 70.4 cm³/mol. The quantitative estimate of drug-likeness (QED) is 0.835. The van der Waals surface area contributed by atoms with Gasteiger partial charge in [0.1, 0.15) is 5.82 Å². The first kappa shape index (κ1) is 16.0. The third-order valence-electron chi connectivity index (χ3n) is 2.55. The van der Waals surface area contributed by atoms with Crippen molar-refractivity contribution in [1.82, 2.24) is 4.31 Å². The Morgan fingerprint density at radius 3 is 2.47 bits per heavy atom. The van der Waals surface area contributed by atoms with Crippen LogP contribution in [0.5, 0.6) is 0 Å². The largest absolute Gasteiger partial charge is 0.389 e.